The molecule has 1 aromatic carbocycles. The van der Waals surface area contributed by atoms with E-state index in [9.17, 15) is 14.7 Å². The van der Waals surface area contributed by atoms with Gasteiger partial charge in [-0.15, -0.1) is 0 Å². The van der Waals surface area contributed by atoms with Crippen molar-refractivity contribution in [3.8, 4) is 29.0 Å². The van der Waals surface area contributed by atoms with Crippen LogP contribution in [0.25, 0.3) is 11.4 Å². The Morgan fingerprint density at radius 2 is 1.90 bits per heavy atom. The Balaban J connectivity index is 1.48. The quantitative estimate of drug-likeness (QED) is 0.378. The third-order valence-electron chi connectivity index (χ3n) is 6.96. The first-order chi connectivity index (χ1) is 19.4. The molecule has 0 saturated carbocycles. The van der Waals surface area contributed by atoms with E-state index in [1.165, 1.54) is 6.92 Å². The number of rotatable bonds is 6. The molecule has 12 heteroatoms. The first-order valence-electron chi connectivity index (χ1n) is 13.4. The molecule has 4 heterocycles. The van der Waals surface area contributed by atoms with E-state index in [4.69, 9.17) is 19.7 Å². The second-order valence-electron chi connectivity index (χ2n) is 11.1. The SMILES string of the molecule is Cc1cc(C(C)(O)C#Cc2ccc3c(c2)-c2nc(C(N)=O)c(C(=O)NC(C)(C)CN4CCOCC4)n2CCO3)no1. The monoisotopic (exact) mass is 562 g/mol. The number of nitrogens with one attached hydrogen (secondary N) is 1. The Bertz CT molecular complexity index is 1540. The number of ether oxygens (including phenoxy) is 2. The van der Waals surface area contributed by atoms with Gasteiger partial charge in [-0.25, -0.2) is 4.98 Å². The summed E-state index contributed by atoms with van der Waals surface area (Å²) in [7, 11) is 0. The van der Waals surface area contributed by atoms with E-state index in [-0.39, 0.29) is 24.5 Å². The summed E-state index contributed by atoms with van der Waals surface area (Å²) in [6, 6.07) is 6.86. The second-order valence-corrected chi connectivity index (χ2v) is 11.1. The molecule has 2 aromatic heterocycles. The summed E-state index contributed by atoms with van der Waals surface area (Å²) in [6.07, 6.45) is 0. The van der Waals surface area contributed by atoms with Crippen LogP contribution in [0.2, 0.25) is 0 Å². The molecule has 1 saturated heterocycles. The minimum absolute atomic E-state index is 0.0832. The van der Waals surface area contributed by atoms with Gasteiger partial charge in [-0.2, -0.15) is 0 Å². The summed E-state index contributed by atoms with van der Waals surface area (Å²) in [5.41, 5.74) is 4.93. The number of imidazole rings is 1. The molecule has 41 heavy (non-hydrogen) atoms. The van der Waals surface area contributed by atoms with E-state index in [0.29, 0.717) is 53.9 Å². The second kappa shape index (κ2) is 11.0. The molecule has 12 nitrogen and oxygen atoms in total. The van der Waals surface area contributed by atoms with Gasteiger partial charge in [0, 0.05) is 36.8 Å². The Kier molecular flexibility index (Phi) is 7.61. The maximum atomic E-state index is 13.7. The van der Waals surface area contributed by atoms with Gasteiger partial charge in [0.2, 0.25) is 0 Å². The molecule has 0 aliphatic carbocycles. The number of benzene rings is 1. The van der Waals surface area contributed by atoms with Crippen molar-refractivity contribution in [3.05, 3.63) is 52.7 Å². The van der Waals surface area contributed by atoms with Crippen LogP contribution in [0.15, 0.2) is 28.8 Å². The summed E-state index contributed by atoms with van der Waals surface area (Å²) in [5.74, 6) is 5.99. The summed E-state index contributed by atoms with van der Waals surface area (Å²) >= 11 is 0. The number of aliphatic hydroxyl groups is 1. The van der Waals surface area contributed by atoms with Gasteiger partial charge >= 0.3 is 0 Å². The first kappa shape index (κ1) is 28.4. The van der Waals surface area contributed by atoms with Crippen LogP contribution in [0.4, 0.5) is 0 Å². The summed E-state index contributed by atoms with van der Waals surface area (Å²) < 4.78 is 18.1. The van der Waals surface area contributed by atoms with Crippen molar-refractivity contribution in [2.24, 2.45) is 5.73 Å². The first-order valence-corrected chi connectivity index (χ1v) is 13.4. The molecule has 1 fully saturated rings. The van der Waals surface area contributed by atoms with Crippen molar-refractivity contribution in [1.29, 1.82) is 0 Å². The molecule has 1 atom stereocenters. The van der Waals surface area contributed by atoms with Gasteiger partial charge in [-0.1, -0.05) is 17.0 Å². The molecule has 2 aliphatic heterocycles. The Hall–Kier alpha value is -4.18. The number of aryl methyl sites for hydroxylation is 1. The van der Waals surface area contributed by atoms with Gasteiger partial charge < -0.3 is 34.7 Å². The lowest BCUT2D eigenvalue weighted by molar-refractivity contribution is 0.0268. The number of primary amides is 1. The lowest BCUT2D eigenvalue weighted by atomic mass is 10.0. The Labute approximate surface area is 237 Å². The normalized spacial score (nSPS) is 16.7. The van der Waals surface area contributed by atoms with Crippen molar-refractivity contribution < 1.29 is 28.7 Å². The van der Waals surface area contributed by atoms with Crippen molar-refractivity contribution in [2.45, 2.75) is 45.4 Å². The largest absolute Gasteiger partial charge is 0.491 e. The van der Waals surface area contributed by atoms with Crippen LogP contribution in [0.5, 0.6) is 5.75 Å². The molecule has 0 radical (unpaired) electrons. The van der Waals surface area contributed by atoms with Crippen LogP contribution in [0, 0.1) is 18.8 Å². The molecule has 2 aliphatic rings. The number of carbonyl (C=O) groups is 2. The Morgan fingerprint density at radius 3 is 2.59 bits per heavy atom. The van der Waals surface area contributed by atoms with Crippen LogP contribution >= 0.6 is 0 Å². The fraction of sp³-hybridized carbons (Fsp3) is 0.448. The number of nitrogens with zero attached hydrogens (tertiary/aromatic N) is 4. The fourth-order valence-corrected chi connectivity index (χ4v) is 5.01. The zero-order valence-electron chi connectivity index (χ0n) is 23.6. The standard InChI is InChI=1S/C29H34N6O6/c1-18-15-22(33-41-18)29(4,38)8-7-19-5-6-21-20(16-19)26-31-23(25(30)36)24(35(26)11-14-40-21)27(37)32-28(2,3)17-34-9-12-39-13-10-34/h5-6,15-16,38H,9-14,17H2,1-4H3,(H2,30,36)(H,32,37). The van der Waals surface area contributed by atoms with Gasteiger partial charge in [0.1, 0.15) is 35.3 Å². The Morgan fingerprint density at radius 1 is 1.15 bits per heavy atom. The summed E-state index contributed by atoms with van der Waals surface area (Å²) in [6.45, 7) is 11.1. The number of amides is 2. The molecule has 3 aromatic rings. The third-order valence-corrected chi connectivity index (χ3v) is 6.96. The van der Waals surface area contributed by atoms with Gasteiger partial charge in [0.25, 0.3) is 11.8 Å². The molecule has 2 amide bonds. The van der Waals surface area contributed by atoms with Gasteiger partial charge in [0.15, 0.2) is 11.3 Å². The van der Waals surface area contributed by atoms with E-state index in [2.05, 4.69) is 32.2 Å². The number of carbonyl (C=O) groups excluding carboxylic acids is 2. The highest BCUT2D eigenvalue weighted by Crippen LogP contribution is 2.34. The zero-order valence-corrected chi connectivity index (χ0v) is 23.6. The number of hydrogen-bond donors (Lipinski definition) is 3. The van der Waals surface area contributed by atoms with Crippen LogP contribution < -0.4 is 15.8 Å². The van der Waals surface area contributed by atoms with E-state index >= 15 is 0 Å². The van der Waals surface area contributed by atoms with Gasteiger partial charge in [-0.3, -0.25) is 14.5 Å². The average molecular weight is 563 g/mol. The lowest BCUT2D eigenvalue weighted by Gasteiger charge is -2.35. The molecule has 0 bridgehead atoms. The van der Waals surface area contributed by atoms with E-state index in [1.807, 2.05) is 13.8 Å². The fourth-order valence-electron chi connectivity index (χ4n) is 5.01. The van der Waals surface area contributed by atoms with Crippen molar-refractivity contribution in [1.82, 2.24) is 24.9 Å². The molecular weight excluding hydrogens is 528 g/mol. The minimum atomic E-state index is -1.54. The lowest BCUT2D eigenvalue weighted by Crippen LogP contribution is -2.54. The predicted molar refractivity (Wildman–Crippen MR) is 148 cm³/mol. The minimum Gasteiger partial charge on any atom is -0.491 e. The molecule has 1 unspecified atom stereocenters. The molecular formula is C29H34N6O6. The smallest absolute Gasteiger partial charge is 0.270 e. The maximum Gasteiger partial charge on any atom is 0.270 e. The highest BCUT2D eigenvalue weighted by Gasteiger charge is 2.33. The number of morpholine rings is 1. The van der Waals surface area contributed by atoms with E-state index in [1.54, 1.807) is 35.8 Å². The van der Waals surface area contributed by atoms with Crippen LogP contribution in [0.3, 0.4) is 0 Å². The molecule has 216 valence electrons. The van der Waals surface area contributed by atoms with Crippen molar-refractivity contribution >= 4 is 11.8 Å². The summed E-state index contributed by atoms with van der Waals surface area (Å²) in [4.78, 5) is 32.9. The average Bonchev–Trinajstić information content (AvgIpc) is 3.48. The third kappa shape index (κ3) is 6.12. The predicted octanol–water partition coefficient (Wildman–Crippen LogP) is 1.44. The van der Waals surface area contributed by atoms with Crippen molar-refractivity contribution in [2.75, 3.05) is 39.5 Å². The molecule has 0 spiro atoms. The van der Waals surface area contributed by atoms with Crippen LogP contribution in [-0.4, -0.2) is 81.5 Å². The summed E-state index contributed by atoms with van der Waals surface area (Å²) in [5, 5.41) is 17.7. The highest BCUT2D eigenvalue weighted by atomic mass is 16.5. The number of aromatic nitrogens is 3. The van der Waals surface area contributed by atoms with Crippen LogP contribution in [-0.2, 0) is 16.9 Å². The molecule has 4 N–H and O–H groups in total. The number of nitrogens with two attached hydrogens (primary N) is 1. The highest BCUT2D eigenvalue weighted by molar-refractivity contribution is 6.05. The number of hydrogen-bond acceptors (Lipinski definition) is 9. The zero-order chi connectivity index (χ0) is 29.4. The molecule has 5 rings (SSSR count). The van der Waals surface area contributed by atoms with E-state index in [0.717, 1.165) is 13.1 Å². The maximum absolute atomic E-state index is 13.7. The van der Waals surface area contributed by atoms with Crippen LogP contribution in [0.1, 0.15) is 58.8 Å². The number of fused-ring (bicyclic) bond motifs is 3. The van der Waals surface area contributed by atoms with E-state index < -0.39 is 23.0 Å². The topological polar surface area (TPSA) is 158 Å². The van der Waals surface area contributed by atoms with Crippen molar-refractivity contribution in [3.63, 3.8) is 0 Å². The van der Waals surface area contributed by atoms with Gasteiger partial charge in [0.05, 0.1) is 25.3 Å². The van der Waals surface area contributed by atoms with Gasteiger partial charge in [-0.05, 0) is 45.9 Å².